The third-order valence-electron chi connectivity index (χ3n) is 5.75. The SMILES string of the molecule is Clc1ccc2c(c1)nc1n2C2CCC1CN(C1CCC1)C2. The molecule has 3 nitrogen and oxygen atoms in total. The molecule has 0 radical (unpaired) electrons. The van der Waals surface area contributed by atoms with Crippen LogP contribution in [0.1, 0.15) is 49.9 Å². The van der Waals surface area contributed by atoms with E-state index in [-0.39, 0.29) is 0 Å². The quantitative estimate of drug-likeness (QED) is 0.794. The van der Waals surface area contributed by atoms with E-state index in [0.717, 1.165) is 16.6 Å². The van der Waals surface area contributed by atoms with Crippen molar-refractivity contribution in [1.29, 1.82) is 0 Å². The first-order valence-corrected chi connectivity index (χ1v) is 8.59. The zero-order valence-corrected chi connectivity index (χ0v) is 12.9. The molecule has 2 atom stereocenters. The molecule has 4 heteroatoms. The summed E-state index contributed by atoms with van der Waals surface area (Å²) in [5.74, 6) is 1.92. The number of imidazole rings is 1. The van der Waals surface area contributed by atoms with E-state index in [0.29, 0.717) is 12.0 Å². The zero-order chi connectivity index (χ0) is 14.0. The Morgan fingerprint density at radius 1 is 1.05 bits per heavy atom. The van der Waals surface area contributed by atoms with Gasteiger partial charge in [-0.05, 0) is 43.9 Å². The van der Waals surface area contributed by atoms with Gasteiger partial charge in [-0.3, -0.25) is 4.90 Å². The normalized spacial score (nSPS) is 29.4. The van der Waals surface area contributed by atoms with E-state index >= 15 is 0 Å². The van der Waals surface area contributed by atoms with Gasteiger partial charge in [0, 0.05) is 36.1 Å². The second-order valence-corrected chi connectivity index (χ2v) is 7.38. The van der Waals surface area contributed by atoms with Gasteiger partial charge in [-0.25, -0.2) is 4.98 Å². The van der Waals surface area contributed by atoms with Crippen LogP contribution in [-0.2, 0) is 0 Å². The Kier molecular flexibility index (Phi) is 2.65. The predicted octanol–water partition coefficient (Wildman–Crippen LogP) is 3.98. The summed E-state index contributed by atoms with van der Waals surface area (Å²) in [7, 11) is 0. The molecule has 2 fully saturated rings. The zero-order valence-electron chi connectivity index (χ0n) is 12.1. The summed E-state index contributed by atoms with van der Waals surface area (Å²) in [4.78, 5) is 7.70. The molecule has 1 aromatic heterocycles. The molecule has 2 bridgehead atoms. The highest BCUT2D eigenvalue weighted by Crippen LogP contribution is 2.42. The molecule has 2 unspecified atom stereocenters. The van der Waals surface area contributed by atoms with Crippen LogP contribution in [0, 0.1) is 0 Å². The summed E-state index contributed by atoms with van der Waals surface area (Å²) in [5, 5.41) is 0.791. The minimum atomic E-state index is 0.602. The first-order valence-electron chi connectivity index (χ1n) is 8.21. The topological polar surface area (TPSA) is 21.1 Å². The predicted molar refractivity (Wildman–Crippen MR) is 85.0 cm³/mol. The molecule has 1 saturated carbocycles. The highest BCUT2D eigenvalue weighted by atomic mass is 35.5. The first kappa shape index (κ1) is 12.5. The van der Waals surface area contributed by atoms with Crippen molar-refractivity contribution in [2.45, 2.75) is 50.1 Å². The first-order chi connectivity index (χ1) is 10.3. The standard InChI is InChI=1S/C17H20ClN3/c18-12-5-7-16-15(8-12)19-17-11-4-6-14(21(16)17)10-20(9-11)13-2-1-3-13/h5,7-8,11,13-14H,1-4,6,9-10H2. The van der Waals surface area contributed by atoms with Gasteiger partial charge >= 0.3 is 0 Å². The van der Waals surface area contributed by atoms with Crippen LogP contribution in [0.3, 0.4) is 0 Å². The van der Waals surface area contributed by atoms with E-state index in [1.54, 1.807) is 0 Å². The summed E-state index contributed by atoms with van der Waals surface area (Å²) in [6.07, 6.45) is 6.82. The summed E-state index contributed by atoms with van der Waals surface area (Å²) in [5.41, 5.74) is 2.35. The smallest absolute Gasteiger partial charge is 0.114 e. The number of aromatic nitrogens is 2. The van der Waals surface area contributed by atoms with Crippen molar-refractivity contribution in [3.63, 3.8) is 0 Å². The fourth-order valence-corrected chi connectivity index (χ4v) is 4.60. The maximum absolute atomic E-state index is 6.14. The van der Waals surface area contributed by atoms with E-state index in [2.05, 4.69) is 15.5 Å². The highest BCUT2D eigenvalue weighted by Gasteiger charge is 2.39. The van der Waals surface area contributed by atoms with Crippen LogP contribution in [0.2, 0.25) is 5.02 Å². The molecular weight excluding hydrogens is 282 g/mol. The molecule has 6 rings (SSSR count). The number of hydrogen-bond acceptors (Lipinski definition) is 2. The third-order valence-corrected chi connectivity index (χ3v) is 5.98. The number of nitrogens with zero attached hydrogens (tertiary/aromatic N) is 3. The van der Waals surface area contributed by atoms with Crippen molar-refractivity contribution < 1.29 is 0 Å². The lowest BCUT2D eigenvalue weighted by molar-refractivity contribution is 0.121. The molecule has 0 N–H and O–H groups in total. The Morgan fingerprint density at radius 3 is 2.76 bits per heavy atom. The monoisotopic (exact) mass is 301 g/mol. The number of hydrogen-bond donors (Lipinski definition) is 0. The Bertz CT molecular complexity index is 703. The molecule has 1 aliphatic carbocycles. The van der Waals surface area contributed by atoms with Gasteiger partial charge in [0.05, 0.1) is 11.0 Å². The van der Waals surface area contributed by atoms with Crippen LogP contribution in [0.5, 0.6) is 0 Å². The third kappa shape index (κ3) is 1.80. The molecule has 0 amide bonds. The van der Waals surface area contributed by atoms with E-state index < -0.39 is 0 Å². The lowest BCUT2D eigenvalue weighted by atomic mass is 9.91. The molecular formula is C17H20ClN3. The van der Waals surface area contributed by atoms with Gasteiger partial charge < -0.3 is 4.57 Å². The Hall–Kier alpha value is -1.06. The Balaban J connectivity index is 1.62. The summed E-state index contributed by atoms with van der Waals surface area (Å²) in [6.45, 7) is 2.42. The molecule has 21 heavy (non-hydrogen) atoms. The van der Waals surface area contributed by atoms with Crippen LogP contribution in [0.15, 0.2) is 18.2 Å². The lowest BCUT2D eigenvalue weighted by Crippen LogP contribution is -2.42. The molecule has 1 aromatic carbocycles. The maximum Gasteiger partial charge on any atom is 0.114 e. The number of halogens is 1. The van der Waals surface area contributed by atoms with Gasteiger partial charge in [0.25, 0.3) is 0 Å². The van der Waals surface area contributed by atoms with Crippen molar-refractivity contribution in [3.05, 3.63) is 29.0 Å². The minimum absolute atomic E-state index is 0.602. The van der Waals surface area contributed by atoms with Gasteiger partial charge in [-0.1, -0.05) is 18.0 Å². The summed E-state index contributed by atoms with van der Waals surface area (Å²) >= 11 is 6.14. The van der Waals surface area contributed by atoms with Gasteiger partial charge in [0.15, 0.2) is 0 Å². The molecule has 4 heterocycles. The minimum Gasteiger partial charge on any atom is -0.323 e. The molecule has 2 aromatic rings. The van der Waals surface area contributed by atoms with Gasteiger partial charge in [0.1, 0.15) is 5.82 Å². The van der Waals surface area contributed by atoms with E-state index in [4.69, 9.17) is 16.6 Å². The molecule has 4 aliphatic rings. The van der Waals surface area contributed by atoms with E-state index in [1.165, 1.54) is 56.5 Å². The van der Waals surface area contributed by atoms with Crippen LogP contribution in [0.25, 0.3) is 11.0 Å². The van der Waals surface area contributed by atoms with Crippen molar-refractivity contribution >= 4 is 22.6 Å². The van der Waals surface area contributed by atoms with Crippen molar-refractivity contribution in [1.82, 2.24) is 14.5 Å². The van der Waals surface area contributed by atoms with Crippen LogP contribution in [-0.4, -0.2) is 33.6 Å². The second kappa shape index (κ2) is 4.47. The van der Waals surface area contributed by atoms with Gasteiger partial charge in [0.2, 0.25) is 0 Å². The average Bonchev–Trinajstić information content (AvgIpc) is 2.57. The molecule has 3 aliphatic heterocycles. The second-order valence-electron chi connectivity index (χ2n) is 6.94. The van der Waals surface area contributed by atoms with Crippen LogP contribution in [0.4, 0.5) is 0 Å². The summed E-state index contributed by atoms with van der Waals surface area (Å²) < 4.78 is 2.53. The largest absolute Gasteiger partial charge is 0.323 e. The Labute approximate surface area is 129 Å². The van der Waals surface area contributed by atoms with E-state index in [1.807, 2.05) is 12.1 Å². The fraction of sp³-hybridized carbons (Fsp3) is 0.588. The molecule has 0 spiro atoms. The average molecular weight is 302 g/mol. The van der Waals surface area contributed by atoms with Gasteiger partial charge in [-0.2, -0.15) is 0 Å². The number of benzene rings is 1. The van der Waals surface area contributed by atoms with Crippen molar-refractivity contribution in [3.8, 4) is 0 Å². The van der Waals surface area contributed by atoms with Gasteiger partial charge in [-0.15, -0.1) is 0 Å². The van der Waals surface area contributed by atoms with E-state index in [9.17, 15) is 0 Å². The number of fused-ring (bicyclic) bond motifs is 4. The maximum atomic E-state index is 6.14. The van der Waals surface area contributed by atoms with Crippen molar-refractivity contribution in [2.75, 3.05) is 13.1 Å². The van der Waals surface area contributed by atoms with Crippen molar-refractivity contribution in [2.24, 2.45) is 0 Å². The van der Waals surface area contributed by atoms with Crippen LogP contribution >= 0.6 is 11.6 Å². The Morgan fingerprint density at radius 2 is 1.95 bits per heavy atom. The fourth-order valence-electron chi connectivity index (χ4n) is 4.44. The number of rotatable bonds is 1. The molecule has 110 valence electrons. The highest BCUT2D eigenvalue weighted by molar-refractivity contribution is 6.31. The van der Waals surface area contributed by atoms with Crippen LogP contribution < -0.4 is 0 Å². The summed E-state index contributed by atoms with van der Waals surface area (Å²) in [6, 6.07) is 7.62. The molecule has 1 saturated heterocycles. The lowest BCUT2D eigenvalue weighted by Gasteiger charge is -2.37.